The van der Waals surface area contributed by atoms with Crippen LogP contribution in [0.4, 0.5) is 0 Å². The number of aliphatic hydroxyl groups is 1. The average molecular weight is 243 g/mol. The van der Waals surface area contributed by atoms with E-state index in [1.54, 1.807) is 20.8 Å². The van der Waals surface area contributed by atoms with Gasteiger partial charge in [-0.3, -0.25) is 19.7 Å². The number of aliphatic hydroxyl groups excluding tert-OH is 1. The van der Waals surface area contributed by atoms with Crippen LogP contribution in [0.5, 0.6) is 0 Å². The zero-order valence-corrected chi connectivity index (χ0v) is 10.1. The Bertz CT molecular complexity index is 350. The lowest BCUT2D eigenvalue weighted by atomic mass is 9.73. The largest absolute Gasteiger partial charge is 0.463 e. The monoisotopic (exact) mass is 243 g/mol. The molecular weight excluding hydrogens is 226 g/mol. The second-order valence-electron chi connectivity index (χ2n) is 4.70. The molecule has 2 N–H and O–H groups in total. The van der Waals surface area contributed by atoms with Gasteiger partial charge in [0, 0.05) is 5.92 Å². The molecule has 96 valence electrons. The summed E-state index contributed by atoms with van der Waals surface area (Å²) in [7, 11) is 0. The summed E-state index contributed by atoms with van der Waals surface area (Å²) >= 11 is 0. The first-order valence-corrected chi connectivity index (χ1v) is 5.45. The lowest BCUT2D eigenvalue weighted by molar-refractivity contribution is -0.161. The third kappa shape index (κ3) is 2.46. The molecule has 0 spiro atoms. The molecule has 0 bridgehead atoms. The lowest BCUT2D eigenvalue weighted by Crippen LogP contribution is -2.41. The molecule has 0 saturated carbocycles. The van der Waals surface area contributed by atoms with Crippen LogP contribution in [-0.4, -0.2) is 36.1 Å². The maximum absolute atomic E-state index is 11.8. The Morgan fingerprint density at radius 2 is 2.00 bits per heavy atom. The summed E-state index contributed by atoms with van der Waals surface area (Å²) in [5, 5.41) is 10.8. The van der Waals surface area contributed by atoms with Gasteiger partial charge in [-0.1, -0.05) is 6.92 Å². The molecule has 2 unspecified atom stereocenters. The summed E-state index contributed by atoms with van der Waals surface area (Å²) in [5.74, 6) is -2.70. The van der Waals surface area contributed by atoms with Crippen LogP contribution in [0.25, 0.3) is 0 Å². The highest BCUT2D eigenvalue weighted by molar-refractivity contribution is 6.06. The predicted molar refractivity (Wildman–Crippen MR) is 57.6 cm³/mol. The zero-order valence-electron chi connectivity index (χ0n) is 10.1. The van der Waals surface area contributed by atoms with E-state index in [1.165, 1.54) is 0 Å². The Morgan fingerprint density at radius 1 is 1.41 bits per heavy atom. The molecule has 0 radical (unpaired) electrons. The molecule has 6 nitrogen and oxygen atoms in total. The summed E-state index contributed by atoms with van der Waals surface area (Å²) in [6, 6.07) is 0. The van der Waals surface area contributed by atoms with Crippen molar-refractivity contribution in [3.63, 3.8) is 0 Å². The van der Waals surface area contributed by atoms with Crippen LogP contribution in [-0.2, 0) is 19.1 Å². The first-order chi connectivity index (χ1) is 7.82. The van der Waals surface area contributed by atoms with E-state index in [0.717, 1.165) is 0 Å². The first-order valence-electron chi connectivity index (χ1n) is 5.45. The highest BCUT2D eigenvalue weighted by Crippen LogP contribution is 2.37. The minimum absolute atomic E-state index is 0.112. The highest BCUT2D eigenvalue weighted by Gasteiger charge is 2.51. The van der Waals surface area contributed by atoms with Crippen molar-refractivity contribution in [3.05, 3.63) is 0 Å². The molecule has 1 aliphatic rings. The molecule has 17 heavy (non-hydrogen) atoms. The fourth-order valence-corrected chi connectivity index (χ4v) is 2.10. The van der Waals surface area contributed by atoms with Gasteiger partial charge < -0.3 is 9.84 Å². The van der Waals surface area contributed by atoms with Crippen LogP contribution >= 0.6 is 0 Å². The molecule has 1 fully saturated rings. The van der Waals surface area contributed by atoms with Gasteiger partial charge in [-0.25, -0.2) is 0 Å². The summed E-state index contributed by atoms with van der Waals surface area (Å²) in [6.07, 6.45) is 0. The minimum atomic E-state index is -1.09. The molecule has 0 aromatic carbocycles. The van der Waals surface area contributed by atoms with Crippen LogP contribution < -0.4 is 5.32 Å². The maximum Gasteiger partial charge on any atom is 0.312 e. The Hall–Kier alpha value is -1.43. The van der Waals surface area contributed by atoms with Crippen molar-refractivity contribution in [2.45, 2.75) is 20.8 Å². The molecule has 1 aliphatic heterocycles. The number of hydrogen-bond acceptors (Lipinski definition) is 5. The lowest BCUT2D eigenvalue weighted by Gasteiger charge is -2.29. The number of rotatable bonds is 4. The summed E-state index contributed by atoms with van der Waals surface area (Å²) in [4.78, 5) is 34.8. The van der Waals surface area contributed by atoms with E-state index >= 15 is 0 Å². The van der Waals surface area contributed by atoms with Crippen molar-refractivity contribution in [1.82, 2.24) is 5.32 Å². The smallest absolute Gasteiger partial charge is 0.312 e. The maximum atomic E-state index is 11.8. The van der Waals surface area contributed by atoms with Crippen LogP contribution in [0.1, 0.15) is 20.8 Å². The molecule has 1 heterocycles. The number of carbonyl (C=O) groups is 3. The van der Waals surface area contributed by atoms with Gasteiger partial charge in [0.1, 0.15) is 6.61 Å². The summed E-state index contributed by atoms with van der Waals surface area (Å²) < 4.78 is 4.82. The highest BCUT2D eigenvalue weighted by atomic mass is 16.5. The number of nitrogens with one attached hydrogen (secondary N) is 1. The van der Waals surface area contributed by atoms with Crippen LogP contribution in [0.3, 0.4) is 0 Å². The summed E-state index contributed by atoms with van der Waals surface area (Å²) in [5.41, 5.74) is -1.09. The topological polar surface area (TPSA) is 92.7 Å². The number of carbonyl (C=O) groups excluding carboxylic acids is 3. The molecule has 2 atom stereocenters. The predicted octanol–water partition coefficient (Wildman–Crippen LogP) is -0.543. The van der Waals surface area contributed by atoms with Gasteiger partial charge in [-0.2, -0.15) is 0 Å². The Morgan fingerprint density at radius 3 is 2.41 bits per heavy atom. The molecule has 0 aromatic rings. The third-order valence-electron chi connectivity index (χ3n) is 3.07. The second-order valence-corrected chi connectivity index (χ2v) is 4.70. The molecule has 2 amide bonds. The van der Waals surface area contributed by atoms with Gasteiger partial charge in [0.15, 0.2) is 0 Å². The van der Waals surface area contributed by atoms with E-state index in [0.29, 0.717) is 0 Å². The third-order valence-corrected chi connectivity index (χ3v) is 3.07. The van der Waals surface area contributed by atoms with Gasteiger partial charge in [0.2, 0.25) is 11.8 Å². The Labute approximate surface area is 99.3 Å². The number of ether oxygens (including phenoxy) is 1. The van der Waals surface area contributed by atoms with Crippen LogP contribution in [0, 0.1) is 17.3 Å². The fraction of sp³-hybridized carbons (Fsp3) is 0.727. The van der Waals surface area contributed by atoms with E-state index in [-0.39, 0.29) is 19.1 Å². The van der Waals surface area contributed by atoms with Gasteiger partial charge in [0.25, 0.3) is 0 Å². The SMILES string of the molecule is CC1C(=O)NC(=O)C1C(C)(C)C(=O)OCCO. The Balaban J connectivity index is 2.85. The molecule has 1 saturated heterocycles. The van der Waals surface area contributed by atoms with Crippen molar-refractivity contribution in [2.75, 3.05) is 13.2 Å². The van der Waals surface area contributed by atoms with E-state index in [4.69, 9.17) is 9.84 Å². The first kappa shape index (κ1) is 13.6. The molecule has 1 rings (SSSR count). The number of hydrogen-bond donors (Lipinski definition) is 2. The standard InChI is InChI=1S/C11H17NO5/c1-6-7(9(15)12-8(6)14)11(2,3)10(16)17-5-4-13/h6-7,13H,4-5H2,1-3H3,(H,12,14,15). The Kier molecular flexibility index (Phi) is 3.87. The van der Waals surface area contributed by atoms with Crippen molar-refractivity contribution < 1.29 is 24.2 Å². The van der Waals surface area contributed by atoms with Crippen molar-refractivity contribution in [3.8, 4) is 0 Å². The van der Waals surface area contributed by atoms with Gasteiger partial charge in [-0.15, -0.1) is 0 Å². The van der Waals surface area contributed by atoms with Gasteiger partial charge >= 0.3 is 5.97 Å². The minimum Gasteiger partial charge on any atom is -0.463 e. The van der Waals surface area contributed by atoms with E-state index < -0.39 is 29.1 Å². The number of esters is 1. The molecule has 0 aliphatic carbocycles. The normalized spacial score (nSPS) is 24.7. The van der Waals surface area contributed by atoms with E-state index in [1.807, 2.05) is 0 Å². The molecule has 6 heteroatoms. The van der Waals surface area contributed by atoms with Crippen LogP contribution in [0.15, 0.2) is 0 Å². The fourth-order valence-electron chi connectivity index (χ4n) is 2.10. The van der Waals surface area contributed by atoms with E-state index in [9.17, 15) is 14.4 Å². The molecule has 0 aromatic heterocycles. The van der Waals surface area contributed by atoms with Gasteiger partial charge in [0.05, 0.1) is 17.9 Å². The van der Waals surface area contributed by atoms with Crippen LogP contribution in [0.2, 0.25) is 0 Å². The summed E-state index contributed by atoms with van der Waals surface area (Å²) in [6.45, 7) is 4.34. The average Bonchev–Trinajstić information content (AvgIpc) is 2.49. The zero-order chi connectivity index (χ0) is 13.2. The second kappa shape index (κ2) is 4.83. The van der Waals surface area contributed by atoms with E-state index in [2.05, 4.69) is 5.32 Å². The number of amides is 2. The number of imide groups is 1. The molecular formula is C11H17NO5. The van der Waals surface area contributed by atoms with Crippen molar-refractivity contribution in [1.29, 1.82) is 0 Å². The van der Waals surface area contributed by atoms with Gasteiger partial charge in [-0.05, 0) is 13.8 Å². The van der Waals surface area contributed by atoms with Crippen molar-refractivity contribution >= 4 is 17.8 Å². The van der Waals surface area contributed by atoms with Crippen molar-refractivity contribution in [2.24, 2.45) is 17.3 Å². The quantitative estimate of drug-likeness (QED) is 0.511.